The average molecular weight is 430 g/mol. The van der Waals surface area contributed by atoms with Gasteiger partial charge >= 0.3 is 0 Å². The predicted molar refractivity (Wildman–Crippen MR) is 114 cm³/mol. The molecule has 0 bridgehead atoms. The van der Waals surface area contributed by atoms with E-state index in [1.165, 1.54) is 18.2 Å². The fourth-order valence-corrected chi connectivity index (χ4v) is 4.52. The third-order valence-corrected chi connectivity index (χ3v) is 6.55. The molecule has 8 heteroatoms. The maximum atomic E-state index is 12.6. The molecule has 1 fully saturated rings. The van der Waals surface area contributed by atoms with Crippen LogP contribution in [0.1, 0.15) is 41.6 Å². The van der Waals surface area contributed by atoms with Gasteiger partial charge in [-0.1, -0.05) is 49.2 Å². The van der Waals surface area contributed by atoms with Crippen LogP contribution in [0, 0.1) is 5.92 Å². The lowest BCUT2D eigenvalue weighted by molar-refractivity contribution is -0.124. The molecule has 1 aliphatic rings. The first-order chi connectivity index (χ1) is 14.5. The number of sulfonamides is 1. The molecule has 7 nitrogen and oxygen atoms in total. The Labute approximate surface area is 177 Å². The summed E-state index contributed by atoms with van der Waals surface area (Å²) < 4.78 is 27.6. The van der Waals surface area contributed by atoms with Crippen molar-refractivity contribution in [3.8, 4) is 0 Å². The summed E-state index contributed by atoms with van der Waals surface area (Å²) >= 11 is 0. The van der Waals surface area contributed by atoms with Crippen LogP contribution < -0.4 is 15.4 Å². The molecule has 0 unspecified atom stereocenters. The highest BCUT2D eigenvalue weighted by Crippen LogP contribution is 2.24. The van der Waals surface area contributed by atoms with Gasteiger partial charge in [0.25, 0.3) is 5.91 Å². The van der Waals surface area contributed by atoms with E-state index in [0.29, 0.717) is 6.54 Å². The van der Waals surface area contributed by atoms with Crippen LogP contribution in [0.25, 0.3) is 0 Å². The normalized spacial score (nSPS) is 14.4. The van der Waals surface area contributed by atoms with Crippen molar-refractivity contribution in [1.82, 2.24) is 15.4 Å². The summed E-state index contributed by atoms with van der Waals surface area (Å²) in [6, 6.07) is 15.1. The molecule has 3 rings (SSSR count). The highest BCUT2D eigenvalue weighted by atomic mass is 32.2. The Kier molecular flexibility index (Phi) is 7.59. The van der Waals surface area contributed by atoms with Gasteiger partial charge < -0.3 is 10.6 Å². The summed E-state index contributed by atoms with van der Waals surface area (Å²) in [4.78, 5) is 24.4. The predicted octanol–water partition coefficient (Wildman–Crippen LogP) is 2.20. The molecule has 2 aromatic rings. The Morgan fingerprint density at radius 2 is 1.60 bits per heavy atom. The SMILES string of the molecule is O=C(NCCNC(=O)C1CCCC1)c1cccc(S(=O)(=O)NCc2ccccc2)c1. The number of hydrogen-bond donors (Lipinski definition) is 3. The van der Waals surface area contributed by atoms with Gasteiger partial charge in [-0.25, -0.2) is 13.1 Å². The van der Waals surface area contributed by atoms with Crippen molar-refractivity contribution in [2.45, 2.75) is 37.1 Å². The van der Waals surface area contributed by atoms with Crippen LogP contribution in [-0.4, -0.2) is 33.3 Å². The Balaban J connectivity index is 1.50. The molecule has 0 aliphatic heterocycles. The molecular formula is C22H27N3O4S. The van der Waals surface area contributed by atoms with Crippen molar-refractivity contribution in [3.63, 3.8) is 0 Å². The number of amides is 2. The molecule has 160 valence electrons. The van der Waals surface area contributed by atoms with Crippen LogP contribution in [0.3, 0.4) is 0 Å². The topological polar surface area (TPSA) is 104 Å². The largest absolute Gasteiger partial charge is 0.354 e. The minimum absolute atomic E-state index is 0.0283. The van der Waals surface area contributed by atoms with E-state index in [1.54, 1.807) is 6.07 Å². The standard InChI is InChI=1S/C22H27N3O4S/c26-21(18-9-4-5-10-18)23-13-14-24-22(27)19-11-6-12-20(15-19)30(28,29)25-16-17-7-2-1-3-8-17/h1-3,6-8,11-12,15,18,25H,4-5,9-10,13-14,16H2,(H,23,26)(H,24,27). The molecular weight excluding hydrogens is 402 g/mol. The fourth-order valence-electron chi connectivity index (χ4n) is 3.46. The summed E-state index contributed by atoms with van der Waals surface area (Å²) in [5.41, 5.74) is 1.09. The van der Waals surface area contributed by atoms with Gasteiger partial charge in [0.1, 0.15) is 0 Å². The Hall–Kier alpha value is -2.71. The minimum Gasteiger partial charge on any atom is -0.354 e. The van der Waals surface area contributed by atoms with Crippen LogP contribution in [0.15, 0.2) is 59.5 Å². The van der Waals surface area contributed by atoms with Gasteiger partial charge in [0.2, 0.25) is 15.9 Å². The first kappa shape index (κ1) is 22.0. The first-order valence-corrected chi connectivity index (χ1v) is 11.6. The summed E-state index contributed by atoms with van der Waals surface area (Å²) in [5, 5.41) is 5.55. The van der Waals surface area contributed by atoms with Crippen molar-refractivity contribution >= 4 is 21.8 Å². The van der Waals surface area contributed by atoms with Crippen molar-refractivity contribution in [2.24, 2.45) is 5.92 Å². The van der Waals surface area contributed by atoms with Crippen molar-refractivity contribution in [1.29, 1.82) is 0 Å². The van der Waals surface area contributed by atoms with E-state index in [4.69, 9.17) is 0 Å². The second-order valence-corrected chi connectivity index (χ2v) is 9.13. The molecule has 2 amide bonds. The molecule has 3 N–H and O–H groups in total. The Bertz CT molecular complexity index is 971. The summed E-state index contributed by atoms with van der Waals surface area (Å²) in [6.07, 6.45) is 4.04. The lowest BCUT2D eigenvalue weighted by Gasteiger charge is -2.11. The van der Waals surface area contributed by atoms with Crippen LogP contribution in [0.5, 0.6) is 0 Å². The second kappa shape index (κ2) is 10.4. The lowest BCUT2D eigenvalue weighted by Crippen LogP contribution is -2.37. The van der Waals surface area contributed by atoms with E-state index in [-0.39, 0.29) is 41.3 Å². The Morgan fingerprint density at radius 3 is 2.33 bits per heavy atom. The average Bonchev–Trinajstić information content (AvgIpc) is 3.31. The number of carbonyl (C=O) groups is 2. The quantitative estimate of drug-likeness (QED) is 0.532. The van der Waals surface area contributed by atoms with Crippen molar-refractivity contribution in [3.05, 3.63) is 65.7 Å². The van der Waals surface area contributed by atoms with Crippen LogP contribution >= 0.6 is 0 Å². The molecule has 2 aromatic carbocycles. The maximum absolute atomic E-state index is 12.6. The van der Waals surface area contributed by atoms with Crippen LogP contribution in [0.4, 0.5) is 0 Å². The van der Waals surface area contributed by atoms with Gasteiger partial charge in [-0.2, -0.15) is 0 Å². The van der Waals surface area contributed by atoms with Crippen LogP contribution in [0.2, 0.25) is 0 Å². The third-order valence-electron chi connectivity index (χ3n) is 5.15. The Morgan fingerprint density at radius 1 is 0.900 bits per heavy atom. The van der Waals surface area contributed by atoms with E-state index in [1.807, 2.05) is 30.3 Å². The van der Waals surface area contributed by atoms with E-state index < -0.39 is 10.0 Å². The second-order valence-electron chi connectivity index (χ2n) is 7.37. The van der Waals surface area contributed by atoms with Gasteiger partial charge in [-0.3, -0.25) is 9.59 Å². The maximum Gasteiger partial charge on any atom is 0.251 e. The molecule has 0 heterocycles. The molecule has 0 radical (unpaired) electrons. The van der Waals surface area contributed by atoms with E-state index in [2.05, 4.69) is 15.4 Å². The summed E-state index contributed by atoms with van der Waals surface area (Å²) in [7, 11) is -3.75. The van der Waals surface area contributed by atoms with Gasteiger partial charge in [0.15, 0.2) is 0 Å². The van der Waals surface area contributed by atoms with E-state index in [9.17, 15) is 18.0 Å². The molecule has 0 saturated heterocycles. The number of nitrogens with one attached hydrogen (secondary N) is 3. The van der Waals surface area contributed by atoms with E-state index in [0.717, 1.165) is 31.2 Å². The van der Waals surface area contributed by atoms with Gasteiger partial charge in [-0.15, -0.1) is 0 Å². The monoisotopic (exact) mass is 429 g/mol. The lowest BCUT2D eigenvalue weighted by atomic mass is 10.1. The summed E-state index contributed by atoms with van der Waals surface area (Å²) in [5.74, 6) is -0.254. The van der Waals surface area contributed by atoms with Crippen molar-refractivity contribution < 1.29 is 18.0 Å². The molecule has 1 saturated carbocycles. The van der Waals surface area contributed by atoms with Gasteiger partial charge in [0.05, 0.1) is 4.90 Å². The summed E-state index contributed by atoms with van der Waals surface area (Å²) in [6.45, 7) is 0.790. The zero-order valence-corrected chi connectivity index (χ0v) is 17.6. The number of benzene rings is 2. The third kappa shape index (κ3) is 6.14. The smallest absolute Gasteiger partial charge is 0.251 e. The molecule has 30 heavy (non-hydrogen) atoms. The molecule has 0 spiro atoms. The van der Waals surface area contributed by atoms with E-state index >= 15 is 0 Å². The van der Waals surface area contributed by atoms with Crippen molar-refractivity contribution in [2.75, 3.05) is 13.1 Å². The van der Waals surface area contributed by atoms with Crippen LogP contribution in [-0.2, 0) is 21.4 Å². The highest BCUT2D eigenvalue weighted by molar-refractivity contribution is 7.89. The first-order valence-electron chi connectivity index (χ1n) is 10.2. The zero-order chi connectivity index (χ0) is 21.4. The number of rotatable bonds is 9. The molecule has 0 atom stereocenters. The number of hydrogen-bond acceptors (Lipinski definition) is 4. The number of carbonyl (C=O) groups excluding carboxylic acids is 2. The zero-order valence-electron chi connectivity index (χ0n) is 16.8. The minimum atomic E-state index is -3.75. The van der Waals surface area contributed by atoms with Gasteiger partial charge in [-0.05, 0) is 36.6 Å². The highest BCUT2D eigenvalue weighted by Gasteiger charge is 2.22. The molecule has 1 aliphatic carbocycles. The fraction of sp³-hybridized carbons (Fsp3) is 0.364. The molecule has 0 aromatic heterocycles. The van der Waals surface area contributed by atoms with Gasteiger partial charge in [0, 0.05) is 31.1 Å².